The normalized spacial score (nSPS) is 23.7. The van der Waals surface area contributed by atoms with Gasteiger partial charge in [0, 0.05) is 30.2 Å². The van der Waals surface area contributed by atoms with Gasteiger partial charge in [-0.3, -0.25) is 19.3 Å². The molecule has 2 atom stereocenters. The quantitative estimate of drug-likeness (QED) is 0.479. The minimum absolute atomic E-state index is 0.116. The van der Waals surface area contributed by atoms with Crippen molar-refractivity contribution in [1.29, 1.82) is 0 Å². The number of ether oxygens (including phenoxy) is 2. The number of carboxylic acid groups (broad SMARTS) is 1. The maximum absolute atomic E-state index is 12.7. The molecule has 2 N–H and O–H groups in total. The van der Waals surface area contributed by atoms with Crippen LogP contribution < -0.4 is 5.32 Å². The van der Waals surface area contributed by atoms with Crippen LogP contribution in [0.1, 0.15) is 11.8 Å². The summed E-state index contributed by atoms with van der Waals surface area (Å²) in [5.74, 6) is -2.67. The first-order valence-electron chi connectivity index (χ1n) is 8.23. The van der Waals surface area contributed by atoms with Gasteiger partial charge in [0.05, 0.1) is 6.42 Å². The number of rotatable bonds is 7. The van der Waals surface area contributed by atoms with Gasteiger partial charge in [-0.25, -0.2) is 4.79 Å². The Morgan fingerprint density at radius 2 is 2.18 bits per heavy atom. The number of methoxy groups -OCH3 is 1. The Balaban J connectivity index is 1.82. The zero-order chi connectivity index (χ0) is 20.5. The van der Waals surface area contributed by atoms with E-state index in [1.165, 1.54) is 25.4 Å². The van der Waals surface area contributed by atoms with Crippen molar-refractivity contribution in [3.8, 4) is 0 Å². The highest BCUT2D eigenvalue weighted by atomic mass is 32.2. The maximum Gasteiger partial charge on any atom is 0.352 e. The fraction of sp³-hybridized carbons (Fsp3) is 0.412. The molecule has 1 fully saturated rings. The molecule has 0 bridgehead atoms. The van der Waals surface area contributed by atoms with E-state index in [4.69, 9.17) is 9.47 Å². The number of esters is 1. The average Bonchev–Trinajstić information content (AvgIpc) is 3.15. The highest BCUT2D eigenvalue weighted by Gasteiger charge is 2.66. The molecule has 2 aliphatic heterocycles. The lowest BCUT2D eigenvalue weighted by Crippen LogP contribution is -2.79. The number of amides is 2. The lowest BCUT2D eigenvalue weighted by atomic mass is 9.99. The summed E-state index contributed by atoms with van der Waals surface area (Å²) in [5, 5.41) is 12.8. The number of aliphatic carboxylic acids is 1. The van der Waals surface area contributed by atoms with Crippen molar-refractivity contribution >= 4 is 46.9 Å². The van der Waals surface area contributed by atoms with E-state index in [9.17, 15) is 24.3 Å². The first-order valence-corrected chi connectivity index (χ1v) is 10.1. The number of carboxylic acids is 1. The van der Waals surface area contributed by atoms with Gasteiger partial charge in [0.15, 0.2) is 6.04 Å². The van der Waals surface area contributed by atoms with E-state index in [2.05, 4.69) is 5.32 Å². The van der Waals surface area contributed by atoms with Gasteiger partial charge in [0.1, 0.15) is 12.3 Å². The molecule has 0 spiro atoms. The molecular weight excluding hydrogens is 408 g/mol. The Morgan fingerprint density at radius 1 is 1.43 bits per heavy atom. The van der Waals surface area contributed by atoms with Crippen molar-refractivity contribution in [2.45, 2.75) is 24.4 Å². The molecular formula is C17H18N2O7S2. The van der Waals surface area contributed by atoms with E-state index < -0.39 is 28.9 Å². The zero-order valence-corrected chi connectivity index (χ0v) is 16.7. The molecule has 2 unspecified atom stereocenters. The third kappa shape index (κ3) is 3.52. The van der Waals surface area contributed by atoms with Gasteiger partial charge in [-0.15, -0.1) is 11.3 Å². The first kappa shape index (κ1) is 20.4. The van der Waals surface area contributed by atoms with Gasteiger partial charge in [-0.05, 0) is 11.4 Å². The number of fused-ring (bicyclic) bond motifs is 1. The molecule has 150 valence electrons. The molecule has 1 aromatic rings. The fourth-order valence-electron chi connectivity index (χ4n) is 3.08. The van der Waals surface area contributed by atoms with Gasteiger partial charge in [-0.2, -0.15) is 0 Å². The number of carbonyl (C=O) groups is 4. The Labute approximate surface area is 168 Å². The predicted octanol–water partition coefficient (Wildman–Crippen LogP) is 0.566. The van der Waals surface area contributed by atoms with Gasteiger partial charge < -0.3 is 19.9 Å². The second-order valence-corrected chi connectivity index (χ2v) is 8.29. The topological polar surface area (TPSA) is 122 Å². The number of nitrogens with zero attached hydrogens (tertiary/aromatic N) is 1. The van der Waals surface area contributed by atoms with Crippen LogP contribution in [0.5, 0.6) is 0 Å². The predicted molar refractivity (Wildman–Crippen MR) is 100 cm³/mol. The molecule has 3 rings (SSSR count). The van der Waals surface area contributed by atoms with Crippen LogP contribution in [0.15, 0.2) is 28.8 Å². The first-order chi connectivity index (χ1) is 13.3. The second kappa shape index (κ2) is 7.94. The SMILES string of the molecule is COC12SCC(COC(C)=O)=C(C(=O)O)N1C(=O)C2NC(=O)Cc1cccs1. The summed E-state index contributed by atoms with van der Waals surface area (Å²) in [7, 11) is 1.35. The van der Waals surface area contributed by atoms with E-state index >= 15 is 0 Å². The third-order valence-corrected chi connectivity index (χ3v) is 6.69. The summed E-state index contributed by atoms with van der Waals surface area (Å²) in [6.07, 6.45) is 0.116. The lowest BCUT2D eigenvalue weighted by molar-refractivity contribution is -0.187. The summed E-state index contributed by atoms with van der Waals surface area (Å²) >= 11 is 2.59. The van der Waals surface area contributed by atoms with Crippen molar-refractivity contribution in [3.63, 3.8) is 0 Å². The van der Waals surface area contributed by atoms with Crippen molar-refractivity contribution in [2.24, 2.45) is 0 Å². The number of nitrogens with one attached hydrogen (secondary N) is 1. The largest absolute Gasteiger partial charge is 0.477 e. The van der Waals surface area contributed by atoms with Crippen molar-refractivity contribution in [2.75, 3.05) is 19.5 Å². The average molecular weight is 426 g/mol. The Bertz CT molecular complexity index is 852. The molecule has 2 amide bonds. The lowest BCUT2D eigenvalue weighted by Gasteiger charge is -2.57. The monoisotopic (exact) mass is 426 g/mol. The third-order valence-electron chi connectivity index (χ3n) is 4.32. The Morgan fingerprint density at radius 3 is 2.75 bits per heavy atom. The number of thiophene rings is 1. The van der Waals surface area contributed by atoms with Crippen molar-refractivity contribution in [3.05, 3.63) is 33.7 Å². The fourth-order valence-corrected chi connectivity index (χ4v) is 5.14. The van der Waals surface area contributed by atoms with E-state index in [1.807, 2.05) is 17.5 Å². The van der Waals surface area contributed by atoms with Crippen LogP contribution in [-0.4, -0.2) is 64.3 Å². The minimum Gasteiger partial charge on any atom is -0.477 e. The molecule has 0 saturated carbocycles. The molecule has 1 saturated heterocycles. The molecule has 0 aromatic carbocycles. The number of hydrogen-bond donors (Lipinski definition) is 2. The van der Waals surface area contributed by atoms with Crippen LogP contribution in [0, 0.1) is 0 Å². The number of thioether (sulfide) groups is 1. The minimum atomic E-state index is -1.35. The molecule has 0 radical (unpaired) electrons. The van der Waals surface area contributed by atoms with Gasteiger partial charge >= 0.3 is 11.9 Å². The molecule has 0 aliphatic carbocycles. The highest BCUT2D eigenvalue weighted by molar-refractivity contribution is 8.00. The zero-order valence-electron chi connectivity index (χ0n) is 15.1. The summed E-state index contributed by atoms with van der Waals surface area (Å²) < 4.78 is 10.4. The molecule has 3 heterocycles. The Kier molecular flexibility index (Phi) is 5.77. The van der Waals surface area contributed by atoms with E-state index in [1.54, 1.807) is 0 Å². The van der Waals surface area contributed by atoms with E-state index in [0.717, 1.165) is 21.5 Å². The van der Waals surface area contributed by atoms with Crippen molar-refractivity contribution in [1.82, 2.24) is 10.2 Å². The van der Waals surface area contributed by atoms with Crippen LogP contribution in [-0.2, 0) is 35.1 Å². The van der Waals surface area contributed by atoms with Gasteiger partial charge in [0.2, 0.25) is 11.0 Å². The summed E-state index contributed by atoms with van der Waals surface area (Å²) in [6, 6.07) is 2.62. The van der Waals surface area contributed by atoms with E-state index in [-0.39, 0.29) is 36.0 Å². The molecule has 11 heteroatoms. The van der Waals surface area contributed by atoms with Crippen LogP contribution in [0.4, 0.5) is 0 Å². The molecule has 28 heavy (non-hydrogen) atoms. The highest BCUT2D eigenvalue weighted by Crippen LogP contribution is 2.50. The van der Waals surface area contributed by atoms with Crippen LogP contribution >= 0.6 is 23.1 Å². The number of β-lactam (4-membered cyclic amide) rings is 1. The molecule has 1 aromatic heterocycles. The van der Waals surface area contributed by atoms with Gasteiger partial charge in [0.25, 0.3) is 5.91 Å². The van der Waals surface area contributed by atoms with Crippen LogP contribution in [0.25, 0.3) is 0 Å². The number of carbonyl (C=O) groups excluding carboxylic acids is 3. The Hall–Kier alpha value is -2.37. The maximum atomic E-state index is 12.7. The van der Waals surface area contributed by atoms with E-state index in [0.29, 0.717) is 0 Å². The summed E-state index contributed by atoms with van der Waals surface area (Å²) in [5.41, 5.74) is 0.00712. The van der Waals surface area contributed by atoms with Crippen LogP contribution in [0.2, 0.25) is 0 Å². The molecule has 9 nitrogen and oxygen atoms in total. The summed E-state index contributed by atoms with van der Waals surface area (Å²) in [4.78, 5) is 49.8. The standard InChI is InChI=1S/C17H18N2O7S2/c1-9(20)26-7-10-8-28-17(25-2)14(15(22)19(17)13(10)16(23)24)18-12(21)6-11-4-3-5-27-11/h3-5,14H,6-8H2,1-2H3,(H,18,21)(H,23,24). The second-order valence-electron chi connectivity index (χ2n) is 6.09. The van der Waals surface area contributed by atoms with Gasteiger partial charge in [-0.1, -0.05) is 17.8 Å². The van der Waals surface area contributed by atoms with Crippen LogP contribution in [0.3, 0.4) is 0 Å². The molecule has 2 aliphatic rings. The smallest absolute Gasteiger partial charge is 0.352 e. The summed E-state index contributed by atoms with van der Waals surface area (Å²) in [6.45, 7) is 0.979. The van der Waals surface area contributed by atoms with Crippen molar-refractivity contribution < 1.29 is 33.8 Å². The number of hydrogen-bond acceptors (Lipinski definition) is 8.